The molecule has 0 bridgehead atoms. The maximum Gasteiger partial charge on any atom is 0.269 e. The number of hydrogen-bond acceptors (Lipinski definition) is 1. The molecule has 2 fully saturated rings. The summed E-state index contributed by atoms with van der Waals surface area (Å²) in [5.74, 6) is -8.07. The Morgan fingerprint density at radius 3 is 2.35 bits per heavy atom. The number of alkyl halides is 3. The van der Waals surface area contributed by atoms with Gasteiger partial charge in [-0.3, -0.25) is 4.79 Å². The summed E-state index contributed by atoms with van der Waals surface area (Å²) in [4.78, 5) is 13.8. The number of carbonyl (C=O) groups excluding carboxylic acids is 1. The highest BCUT2D eigenvalue weighted by Crippen LogP contribution is 2.42. The molecule has 1 aliphatic heterocycles. The zero-order valence-electron chi connectivity index (χ0n) is 16.7. The zero-order chi connectivity index (χ0) is 22.5. The van der Waals surface area contributed by atoms with Crippen LogP contribution in [-0.4, -0.2) is 35.5 Å². The van der Waals surface area contributed by atoms with Crippen LogP contribution in [0, 0.1) is 29.3 Å². The minimum Gasteiger partial charge on any atom is -0.333 e. The van der Waals surface area contributed by atoms with Gasteiger partial charge < -0.3 is 4.90 Å². The summed E-state index contributed by atoms with van der Waals surface area (Å²) in [6.45, 7) is 0.516. The number of likely N-dealkylation sites (tertiary alicyclic amines) is 1. The lowest BCUT2D eigenvalue weighted by atomic mass is 9.82. The molecule has 4 rings (SSSR count). The molecular weight excluding hydrogens is 420 g/mol. The predicted octanol–water partition coefficient (Wildman–Crippen LogP) is 5.54. The number of benzene rings is 2. The van der Waals surface area contributed by atoms with Gasteiger partial charge in [0.15, 0.2) is 0 Å². The minimum atomic E-state index is -3.15. The van der Waals surface area contributed by atoms with Gasteiger partial charge in [0.25, 0.3) is 5.92 Å². The Balaban J connectivity index is 1.64. The number of carbonyl (C=O) groups is 1. The Hall–Kier alpha value is -2.51. The molecule has 0 spiro atoms. The van der Waals surface area contributed by atoms with Gasteiger partial charge in [-0.25, -0.2) is 26.3 Å². The van der Waals surface area contributed by atoms with E-state index in [0.29, 0.717) is 6.07 Å². The first-order valence-corrected chi connectivity index (χ1v) is 10.1. The minimum absolute atomic E-state index is 0.0109. The highest BCUT2D eigenvalue weighted by Gasteiger charge is 2.55. The van der Waals surface area contributed by atoms with Gasteiger partial charge in [0.05, 0.1) is 6.54 Å². The molecule has 31 heavy (non-hydrogen) atoms. The molecule has 0 aromatic heterocycles. The number of hydrogen-bond donors (Lipinski definition) is 0. The van der Waals surface area contributed by atoms with Crippen LogP contribution in [-0.2, 0) is 11.2 Å². The average molecular weight is 441 g/mol. The lowest BCUT2D eigenvalue weighted by Crippen LogP contribution is -2.46. The second-order valence-electron chi connectivity index (χ2n) is 8.49. The Labute approximate surface area is 175 Å². The molecule has 2 aliphatic rings. The summed E-state index contributed by atoms with van der Waals surface area (Å²) in [5.41, 5.74) is -0.0185. The van der Waals surface area contributed by atoms with Gasteiger partial charge >= 0.3 is 0 Å². The fraction of sp³-hybridized carbons (Fsp3) is 0.435. The summed E-state index contributed by atoms with van der Waals surface area (Å²) in [6, 6.07) is 5.88. The normalized spacial score (nSPS) is 27.3. The van der Waals surface area contributed by atoms with Crippen molar-refractivity contribution < 1.29 is 31.1 Å². The molecule has 1 saturated heterocycles. The topological polar surface area (TPSA) is 20.3 Å². The molecule has 1 aliphatic carbocycles. The van der Waals surface area contributed by atoms with E-state index in [4.69, 9.17) is 0 Å². The third kappa shape index (κ3) is 4.04. The molecule has 1 heterocycles. The van der Waals surface area contributed by atoms with Crippen LogP contribution in [0.4, 0.5) is 26.3 Å². The van der Waals surface area contributed by atoms with E-state index in [-0.39, 0.29) is 36.0 Å². The van der Waals surface area contributed by atoms with E-state index in [1.165, 1.54) is 25.1 Å². The smallest absolute Gasteiger partial charge is 0.269 e. The van der Waals surface area contributed by atoms with Gasteiger partial charge in [0, 0.05) is 29.5 Å². The van der Waals surface area contributed by atoms with Crippen LogP contribution in [0.25, 0.3) is 11.1 Å². The first kappa shape index (κ1) is 21.7. The largest absolute Gasteiger partial charge is 0.333 e. The predicted molar refractivity (Wildman–Crippen MR) is 103 cm³/mol. The van der Waals surface area contributed by atoms with Gasteiger partial charge in [0.2, 0.25) is 5.91 Å². The fourth-order valence-corrected chi connectivity index (χ4v) is 4.45. The van der Waals surface area contributed by atoms with Crippen molar-refractivity contribution in [2.45, 2.75) is 44.3 Å². The van der Waals surface area contributed by atoms with Gasteiger partial charge in [-0.1, -0.05) is 25.1 Å². The average Bonchev–Trinajstić information content (AvgIpc) is 2.89. The van der Waals surface area contributed by atoms with Crippen LogP contribution in [0.15, 0.2) is 36.4 Å². The summed E-state index contributed by atoms with van der Waals surface area (Å²) in [5, 5.41) is 0. The lowest BCUT2D eigenvalue weighted by molar-refractivity contribution is -0.142. The SMILES string of the molecule is C[C@@H]1[C@H](Cc2cccc(-c3cc(F)cc(F)c3)c2F)N(C(=O)C2CC(F)C2)CC1(F)F. The molecule has 2 aromatic carbocycles. The maximum absolute atomic E-state index is 15.2. The second kappa shape index (κ2) is 7.88. The van der Waals surface area contributed by atoms with E-state index in [2.05, 4.69) is 0 Å². The second-order valence-corrected chi connectivity index (χ2v) is 8.49. The van der Waals surface area contributed by atoms with Crippen LogP contribution in [0.5, 0.6) is 0 Å². The molecule has 166 valence electrons. The van der Waals surface area contributed by atoms with Crippen LogP contribution >= 0.6 is 0 Å². The Bertz CT molecular complexity index is 983. The Kier molecular flexibility index (Phi) is 5.52. The molecular formula is C23H21F6NO. The summed E-state index contributed by atoms with van der Waals surface area (Å²) in [7, 11) is 0. The lowest BCUT2D eigenvalue weighted by Gasteiger charge is -2.35. The van der Waals surface area contributed by atoms with Crippen molar-refractivity contribution >= 4 is 5.91 Å². The molecule has 0 N–H and O–H groups in total. The van der Waals surface area contributed by atoms with Crippen molar-refractivity contribution in [2.24, 2.45) is 11.8 Å². The van der Waals surface area contributed by atoms with E-state index in [9.17, 15) is 26.7 Å². The van der Waals surface area contributed by atoms with Crippen LogP contribution in [0.1, 0.15) is 25.3 Å². The molecule has 1 saturated carbocycles. The monoisotopic (exact) mass is 441 g/mol. The van der Waals surface area contributed by atoms with Crippen LogP contribution in [0.2, 0.25) is 0 Å². The maximum atomic E-state index is 15.2. The number of halogens is 6. The molecule has 2 aromatic rings. The fourth-order valence-electron chi connectivity index (χ4n) is 4.45. The van der Waals surface area contributed by atoms with Crippen LogP contribution < -0.4 is 0 Å². The molecule has 1 amide bonds. The third-order valence-corrected chi connectivity index (χ3v) is 6.42. The van der Waals surface area contributed by atoms with E-state index >= 15 is 4.39 Å². The van der Waals surface area contributed by atoms with E-state index in [1.807, 2.05) is 0 Å². The van der Waals surface area contributed by atoms with Gasteiger partial charge in [0.1, 0.15) is 23.6 Å². The Morgan fingerprint density at radius 1 is 1.10 bits per heavy atom. The van der Waals surface area contributed by atoms with Gasteiger partial charge in [-0.2, -0.15) is 0 Å². The van der Waals surface area contributed by atoms with Crippen molar-refractivity contribution in [3.05, 3.63) is 59.4 Å². The van der Waals surface area contributed by atoms with Crippen molar-refractivity contribution in [1.29, 1.82) is 0 Å². The van der Waals surface area contributed by atoms with Crippen molar-refractivity contribution in [2.75, 3.05) is 6.54 Å². The third-order valence-electron chi connectivity index (χ3n) is 6.42. The molecule has 0 radical (unpaired) electrons. The van der Waals surface area contributed by atoms with Crippen molar-refractivity contribution in [1.82, 2.24) is 4.90 Å². The highest BCUT2D eigenvalue weighted by molar-refractivity contribution is 5.80. The summed E-state index contributed by atoms with van der Waals surface area (Å²) >= 11 is 0. The van der Waals surface area contributed by atoms with Gasteiger partial charge in [-0.15, -0.1) is 0 Å². The first-order chi connectivity index (χ1) is 14.6. The highest BCUT2D eigenvalue weighted by atomic mass is 19.3. The Morgan fingerprint density at radius 2 is 1.74 bits per heavy atom. The van der Waals surface area contributed by atoms with Gasteiger partial charge in [-0.05, 0) is 42.5 Å². The van der Waals surface area contributed by atoms with Crippen LogP contribution in [0.3, 0.4) is 0 Å². The number of amides is 1. The quantitative estimate of drug-likeness (QED) is 0.571. The summed E-state index contributed by atoms with van der Waals surface area (Å²) in [6.07, 6.45) is -1.27. The van der Waals surface area contributed by atoms with E-state index < -0.39 is 59.9 Å². The van der Waals surface area contributed by atoms with Crippen molar-refractivity contribution in [3.8, 4) is 11.1 Å². The number of nitrogens with zero attached hydrogens (tertiary/aromatic N) is 1. The number of rotatable bonds is 4. The van der Waals surface area contributed by atoms with Crippen molar-refractivity contribution in [3.63, 3.8) is 0 Å². The molecule has 2 atom stereocenters. The zero-order valence-corrected chi connectivity index (χ0v) is 16.7. The molecule has 0 unspecified atom stereocenters. The molecule has 2 nitrogen and oxygen atoms in total. The van der Waals surface area contributed by atoms with E-state index in [0.717, 1.165) is 17.0 Å². The molecule has 8 heteroatoms. The summed E-state index contributed by atoms with van der Waals surface area (Å²) < 4.78 is 84.5. The van der Waals surface area contributed by atoms with E-state index in [1.54, 1.807) is 0 Å². The standard InChI is InChI=1S/C23H21F6NO/c1-12-20(30(11-23(12,28)29)22(31)15-7-16(24)8-15)9-13-3-2-4-19(21(13)27)14-5-17(25)10-18(26)6-14/h2-6,10,12,15-16,20H,7-9,11H2,1H3/t12-,15?,16?,20+/m1/s1. The first-order valence-electron chi connectivity index (χ1n) is 10.1.